The van der Waals surface area contributed by atoms with Gasteiger partial charge in [0.2, 0.25) is 6.79 Å². The van der Waals surface area contributed by atoms with Crippen LogP contribution in [0.5, 0.6) is 17.2 Å². The van der Waals surface area contributed by atoms with E-state index in [0.29, 0.717) is 6.79 Å². The fraction of sp³-hybridized carbons (Fsp3) is 0.375. The molecule has 7 nitrogen and oxygen atoms in total. The predicted octanol–water partition coefficient (Wildman–Crippen LogP) is 3.21. The third kappa shape index (κ3) is 3.81. The fourth-order valence-corrected chi connectivity index (χ4v) is 4.42. The average Bonchev–Trinajstić information content (AvgIpc) is 3.39. The summed E-state index contributed by atoms with van der Waals surface area (Å²) in [6.45, 7) is 6.44. The summed E-state index contributed by atoms with van der Waals surface area (Å²) in [5.74, 6) is 2.50. The average molecular weight is 421 g/mol. The molecule has 3 aromatic rings. The van der Waals surface area contributed by atoms with E-state index in [-0.39, 0.29) is 5.91 Å². The highest BCUT2D eigenvalue weighted by molar-refractivity contribution is 6.08. The van der Waals surface area contributed by atoms with E-state index in [0.717, 1.165) is 78.6 Å². The van der Waals surface area contributed by atoms with Crippen LogP contribution in [0, 0.1) is 6.92 Å². The zero-order chi connectivity index (χ0) is 21.4. The molecule has 1 saturated heterocycles. The van der Waals surface area contributed by atoms with Gasteiger partial charge >= 0.3 is 0 Å². The molecule has 1 aromatic heterocycles. The molecular weight excluding hydrogens is 394 g/mol. The Hall–Kier alpha value is -3.19. The van der Waals surface area contributed by atoms with E-state index in [9.17, 15) is 4.79 Å². The predicted molar refractivity (Wildman–Crippen MR) is 118 cm³/mol. The minimum absolute atomic E-state index is 0.0902. The molecule has 0 atom stereocenters. The summed E-state index contributed by atoms with van der Waals surface area (Å²) in [5, 5.41) is 0.923. The van der Waals surface area contributed by atoms with Gasteiger partial charge in [0.15, 0.2) is 11.5 Å². The lowest BCUT2D eigenvalue weighted by Gasteiger charge is -2.34. The molecule has 1 fully saturated rings. The Morgan fingerprint density at radius 2 is 1.87 bits per heavy atom. The highest BCUT2D eigenvalue weighted by Crippen LogP contribution is 2.32. The Kier molecular flexibility index (Phi) is 5.19. The van der Waals surface area contributed by atoms with Crippen LogP contribution in [0.3, 0.4) is 0 Å². The van der Waals surface area contributed by atoms with Crippen LogP contribution in [0.15, 0.2) is 36.4 Å². The molecule has 0 saturated carbocycles. The molecule has 7 heteroatoms. The molecule has 2 aliphatic rings. The highest BCUT2D eigenvalue weighted by Gasteiger charge is 2.26. The Morgan fingerprint density at radius 3 is 2.68 bits per heavy atom. The number of nitrogens with zero attached hydrogens (tertiary/aromatic N) is 2. The molecular formula is C24H27N3O4. The Balaban J connectivity index is 1.21. The lowest BCUT2D eigenvalue weighted by atomic mass is 10.1. The normalized spacial score (nSPS) is 16.1. The zero-order valence-corrected chi connectivity index (χ0v) is 17.9. The van der Waals surface area contributed by atoms with E-state index >= 15 is 0 Å². The molecule has 0 radical (unpaired) electrons. The summed E-state index contributed by atoms with van der Waals surface area (Å²) in [7, 11) is 1.64. The van der Waals surface area contributed by atoms with Gasteiger partial charge in [-0.3, -0.25) is 9.69 Å². The summed E-state index contributed by atoms with van der Waals surface area (Å²) in [4.78, 5) is 21.0. The van der Waals surface area contributed by atoms with Gasteiger partial charge in [0.05, 0.1) is 12.7 Å². The minimum Gasteiger partial charge on any atom is -0.497 e. The number of aryl methyl sites for hydroxylation is 1. The van der Waals surface area contributed by atoms with Gasteiger partial charge < -0.3 is 24.1 Å². The Labute approximate surface area is 181 Å². The molecule has 0 unspecified atom stereocenters. The molecule has 1 amide bonds. The number of carbonyl (C=O) groups is 1. The van der Waals surface area contributed by atoms with Gasteiger partial charge in [0, 0.05) is 49.3 Å². The number of rotatable bonds is 5. The number of methoxy groups -OCH3 is 1. The number of amides is 1. The van der Waals surface area contributed by atoms with Crippen molar-refractivity contribution in [3.63, 3.8) is 0 Å². The number of aromatic amines is 1. The van der Waals surface area contributed by atoms with Gasteiger partial charge in [0.1, 0.15) is 5.75 Å². The topological polar surface area (TPSA) is 67.0 Å². The number of aromatic nitrogens is 1. The summed E-state index contributed by atoms with van der Waals surface area (Å²) in [5.41, 5.74) is 3.86. The van der Waals surface area contributed by atoms with Gasteiger partial charge in [-0.1, -0.05) is 6.07 Å². The maximum Gasteiger partial charge on any atom is 0.256 e. The van der Waals surface area contributed by atoms with Gasteiger partial charge in [0.25, 0.3) is 5.91 Å². The number of hydrogen-bond acceptors (Lipinski definition) is 5. The van der Waals surface area contributed by atoms with Crippen molar-refractivity contribution in [2.24, 2.45) is 0 Å². The van der Waals surface area contributed by atoms with Crippen LogP contribution in [-0.4, -0.2) is 67.3 Å². The van der Waals surface area contributed by atoms with E-state index in [4.69, 9.17) is 14.2 Å². The van der Waals surface area contributed by atoms with Gasteiger partial charge in [-0.05, 0) is 49.2 Å². The fourth-order valence-electron chi connectivity index (χ4n) is 4.42. The van der Waals surface area contributed by atoms with E-state index < -0.39 is 0 Å². The maximum absolute atomic E-state index is 13.3. The molecule has 0 spiro atoms. The molecule has 5 rings (SSSR count). The van der Waals surface area contributed by atoms with Crippen molar-refractivity contribution in [3.8, 4) is 17.2 Å². The van der Waals surface area contributed by atoms with Crippen molar-refractivity contribution in [2.45, 2.75) is 13.3 Å². The molecule has 0 aliphatic carbocycles. The maximum atomic E-state index is 13.3. The van der Waals surface area contributed by atoms with Crippen molar-refractivity contribution in [2.75, 3.05) is 46.6 Å². The smallest absolute Gasteiger partial charge is 0.256 e. The molecule has 1 N–H and O–H groups in total. The van der Waals surface area contributed by atoms with Crippen molar-refractivity contribution in [1.29, 1.82) is 0 Å². The van der Waals surface area contributed by atoms with Crippen molar-refractivity contribution < 1.29 is 19.0 Å². The number of carbonyl (C=O) groups excluding carboxylic acids is 1. The van der Waals surface area contributed by atoms with E-state index in [1.54, 1.807) is 7.11 Å². The highest BCUT2D eigenvalue weighted by atomic mass is 16.7. The van der Waals surface area contributed by atoms with Crippen LogP contribution in [0.25, 0.3) is 10.9 Å². The van der Waals surface area contributed by atoms with Crippen LogP contribution in [0.4, 0.5) is 0 Å². The van der Waals surface area contributed by atoms with Crippen LogP contribution < -0.4 is 14.2 Å². The SMILES string of the molecule is COc1ccc2[nH]c(C)c(C(=O)N3CCN(CCc4ccc5c(c4)OCO5)CC3)c2c1. The van der Waals surface area contributed by atoms with E-state index in [2.05, 4.69) is 22.0 Å². The summed E-state index contributed by atoms with van der Waals surface area (Å²) < 4.78 is 16.2. The second-order valence-corrected chi connectivity index (χ2v) is 8.11. The standard InChI is InChI=1S/C24H27N3O4/c1-16-23(19-14-18(29-2)4-5-20(19)25-16)24(28)27-11-9-26(10-12-27)8-7-17-3-6-21-22(13-17)31-15-30-21/h3-6,13-14,25H,7-12,15H2,1-2H3. The minimum atomic E-state index is 0.0902. The number of benzene rings is 2. The molecule has 2 aromatic carbocycles. The number of H-pyrrole nitrogens is 1. The Bertz CT molecular complexity index is 1120. The first-order chi connectivity index (χ1) is 15.1. The van der Waals surface area contributed by atoms with Crippen LogP contribution in [0.1, 0.15) is 21.6 Å². The first-order valence-electron chi connectivity index (χ1n) is 10.7. The number of fused-ring (bicyclic) bond motifs is 2. The first kappa shape index (κ1) is 19.8. The number of nitrogens with one attached hydrogen (secondary N) is 1. The van der Waals surface area contributed by atoms with Crippen LogP contribution in [-0.2, 0) is 6.42 Å². The molecule has 31 heavy (non-hydrogen) atoms. The molecule has 162 valence electrons. The second-order valence-electron chi connectivity index (χ2n) is 8.11. The summed E-state index contributed by atoms with van der Waals surface area (Å²) >= 11 is 0. The van der Waals surface area contributed by atoms with Gasteiger partial charge in [-0.25, -0.2) is 0 Å². The van der Waals surface area contributed by atoms with Crippen LogP contribution in [0.2, 0.25) is 0 Å². The van der Waals surface area contributed by atoms with Crippen molar-refractivity contribution in [3.05, 3.63) is 53.2 Å². The number of hydrogen-bond donors (Lipinski definition) is 1. The lowest BCUT2D eigenvalue weighted by Crippen LogP contribution is -2.49. The summed E-state index contributed by atoms with van der Waals surface area (Å²) in [6.07, 6.45) is 0.950. The number of piperazine rings is 1. The van der Waals surface area contributed by atoms with E-state index in [1.165, 1.54) is 5.56 Å². The second kappa shape index (κ2) is 8.15. The first-order valence-corrected chi connectivity index (χ1v) is 10.7. The largest absolute Gasteiger partial charge is 0.497 e. The van der Waals surface area contributed by atoms with Crippen molar-refractivity contribution >= 4 is 16.8 Å². The van der Waals surface area contributed by atoms with Crippen molar-refractivity contribution in [1.82, 2.24) is 14.8 Å². The Morgan fingerprint density at radius 1 is 1.06 bits per heavy atom. The van der Waals surface area contributed by atoms with E-state index in [1.807, 2.05) is 36.1 Å². The summed E-state index contributed by atoms with van der Waals surface area (Å²) in [6, 6.07) is 12.0. The molecule has 0 bridgehead atoms. The molecule has 2 aliphatic heterocycles. The molecule has 3 heterocycles. The van der Waals surface area contributed by atoms with Gasteiger partial charge in [-0.2, -0.15) is 0 Å². The number of ether oxygens (including phenoxy) is 3. The lowest BCUT2D eigenvalue weighted by molar-refractivity contribution is 0.0639. The zero-order valence-electron chi connectivity index (χ0n) is 17.9. The monoisotopic (exact) mass is 421 g/mol. The van der Waals surface area contributed by atoms with Gasteiger partial charge in [-0.15, -0.1) is 0 Å². The quantitative estimate of drug-likeness (QED) is 0.685. The third-order valence-corrected chi connectivity index (χ3v) is 6.22. The van der Waals surface area contributed by atoms with Crippen LogP contribution >= 0.6 is 0 Å². The third-order valence-electron chi connectivity index (χ3n) is 6.22.